The molecule has 0 N–H and O–H groups in total. The fraction of sp³-hybridized carbons (Fsp3) is 0.800. The van der Waals surface area contributed by atoms with Crippen molar-refractivity contribution in [3.05, 3.63) is 6.20 Å². The van der Waals surface area contributed by atoms with Gasteiger partial charge in [0, 0.05) is 39.0 Å². The highest BCUT2D eigenvalue weighted by molar-refractivity contribution is 5.42. The number of hydrogen-bond donors (Lipinski definition) is 0. The Bertz CT molecular complexity index is 504. The van der Waals surface area contributed by atoms with Crippen molar-refractivity contribution < 1.29 is 9.47 Å². The van der Waals surface area contributed by atoms with Crippen LogP contribution in [0.2, 0.25) is 0 Å². The average Bonchev–Trinajstić information content (AvgIpc) is 3.05. The molecule has 4 heterocycles. The van der Waals surface area contributed by atoms with E-state index in [0.717, 1.165) is 50.8 Å². The van der Waals surface area contributed by atoms with Gasteiger partial charge >= 0.3 is 0 Å². The van der Waals surface area contributed by atoms with Gasteiger partial charge in [0.05, 0.1) is 19.4 Å². The highest BCUT2D eigenvalue weighted by Crippen LogP contribution is 2.32. The van der Waals surface area contributed by atoms with Crippen LogP contribution in [0, 0.1) is 0 Å². The summed E-state index contributed by atoms with van der Waals surface area (Å²) in [6.45, 7) is 5.28. The average molecular weight is 305 g/mol. The van der Waals surface area contributed by atoms with Gasteiger partial charge in [0.1, 0.15) is 0 Å². The summed E-state index contributed by atoms with van der Waals surface area (Å²) < 4.78 is 11.6. The Morgan fingerprint density at radius 2 is 1.64 bits per heavy atom. The summed E-state index contributed by atoms with van der Waals surface area (Å²) in [4.78, 5) is 9.24. The lowest BCUT2D eigenvalue weighted by Gasteiger charge is -2.38. The maximum absolute atomic E-state index is 5.78. The second kappa shape index (κ2) is 5.96. The monoisotopic (exact) mass is 305 g/mol. The summed E-state index contributed by atoms with van der Waals surface area (Å²) in [6, 6.07) is 0. The highest BCUT2D eigenvalue weighted by atomic mass is 16.7. The normalized spacial score (nSPS) is 24.9. The summed E-state index contributed by atoms with van der Waals surface area (Å²) in [5.74, 6) is 1.35. The molecule has 22 heavy (non-hydrogen) atoms. The number of anilines is 2. The van der Waals surface area contributed by atoms with Gasteiger partial charge in [-0.2, -0.15) is 10.1 Å². The molecule has 1 aromatic heterocycles. The van der Waals surface area contributed by atoms with E-state index >= 15 is 0 Å². The molecule has 0 amide bonds. The van der Waals surface area contributed by atoms with Gasteiger partial charge in [0.15, 0.2) is 11.6 Å². The van der Waals surface area contributed by atoms with Crippen LogP contribution >= 0.6 is 0 Å². The Kier molecular flexibility index (Phi) is 3.83. The van der Waals surface area contributed by atoms with Crippen LogP contribution in [0.4, 0.5) is 11.8 Å². The molecule has 0 bridgehead atoms. The smallest absolute Gasteiger partial charge is 0.247 e. The van der Waals surface area contributed by atoms with Gasteiger partial charge in [-0.1, -0.05) is 0 Å². The molecule has 0 radical (unpaired) electrons. The summed E-state index contributed by atoms with van der Waals surface area (Å²) in [5.41, 5.74) is 0. The van der Waals surface area contributed by atoms with Crippen LogP contribution < -0.4 is 9.80 Å². The fourth-order valence-electron chi connectivity index (χ4n) is 3.53. The van der Waals surface area contributed by atoms with Crippen LogP contribution in [0.25, 0.3) is 0 Å². The molecule has 7 heteroatoms. The quantitative estimate of drug-likeness (QED) is 0.813. The number of piperidine rings is 2. The second-order valence-electron chi connectivity index (χ2n) is 6.26. The van der Waals surface area contributed by atoms with Crippen LogP contribution in [0.15, 0.2) is 6.20 Å². The molecular weight excluding hydrogens is 282 g/mol. The predicted octanol–water partition coefficient (Wildman–Crippen LogP) is 1.21. The highest BCUT2D eigenvalue weighted by Gasteiger charge is 2.40. The van der Waals surface area contributed by atoms with E-state index in [1.807, 2.05) is 0 Å². The number of nitrogens with zero attached hydrogens (tertiary/aromatic N) is 5. The van der Waals surface area contributed by atoms with Crippen molar-refractivity contribution in [2.75, 3.05) is 49.2 Å². The zero-order valence-electron chi connectivity index (χ0n) is 12.9. The molecule has 3 aliphatic rings. The lowest BCUT2D eigenvalue weighted by atomic mass is 10.0. The lowest BCUT2D eigenvalue weighted by Crippen LogP contribution is -2.45. The van der Waals surface area contributed by atoms with E-state index in [0.29, 0.717) is 13.2 Å². The van der Waals surface area contributed by atoms with E-state index in [2.05, 4.69) is 20.0 Å². The third-order valence-electron chi connectivity index (χ3n) is 4.84. The first-order valence-electron chi connectivity index (χ1n) is 8.32. The molecule has 120 valence electrons. The van der Waals surface area contributed by atoms with Crippen molar-refractivity contribution in [3.63, 3.8) is 0 Å². The lowest BCUT2D eigenvalue weighted by molar-refractivity contribution is -0.169. The Labute approximate surface area is 130 Å². The molecule has 0 atom stereocenters. The number of aromatic nitrogens is 3. The van der Waals surface area contributed by atoms with Crippen LogP contribution in [0.5, 0.6) is 0 Å². The number of ether oxygens (including phenoxy) is 2. The van der Waals surface area contributed by atoms with Gasteiger partial charge in [-0.05, 0) is 19.3 Å². The molecular formula is C15H23N5O2. The standard InChI is InChI=1S/C15H23N5O2/c1-2-6-20(7-3-1)14-17-13(12-16-18-14)19-8-4-15(5-9-19)21-10-11-22-15/h12H,1-11H2. The Hall–Kier alpha value is -1.47. The number of hydrogen-bond acceptors (Lipinski definition) is 7. The first-order chi connectivity index (χ1) is 10.8. The molecule has 1 aromatic rings. The van der Waals surface area contributed by atoms with Crippen molar-refractivity contribution in [3.8, 4) is 0 Å². The molecule has 3 aliphatic heterocycles. The van der Waals surface area contributed by atoms with Crippen LogP contribution in [0.1, 0.15) is 32.1 Å². The zero-order chi connectivity index (χ0) is 14.8. The van der Waals surface area contributed by atoms with Crippen molar-refractivity contribution >= 4 is 11.8 Å². The van der Waals surface area contributed by atoms with Crippen molar-refractivity contribution in [2.24, 2.45) is 0 Å². The second-order valence-corrected chi connectivity index (χ2v) is 6.26. The molecule has 1 spiro atoms. The van der Waals surface area contributed by atoms with Gasteiger partial charge in [0.25, 0.3) is 0 Å². The van der Waals surface area contributed by atoms with E-state index in [1.54, 1.807) is 6.20 Å². The molecule has 4 rings (SSSR count). The van der Waals surface area contributed by atoms with Crippen molar-refractivity contribution in [1.29, 1.82) is 0 Å². The van der Waals surface area contributed by atoms with Gasteiger partial charge < -0.3 is 19.3 Å². The third kappa shape index (κ3) is 2.75. The Morgan fingerprint density at radius 3 is 2.36 bits per heavy atom. The molecule has 0 unspecified atom stereocenters. The topological polar surface area (TPSA) is 63.6 Å². The maximum atomic E-state index is 5.78. The summed E-state index contributed by atoms with van der Waals surface area (Å²) in [6.07, 6.45) is 7.27. The molecule has 0 saturated carbocycles. The molecule has 3 saturated heterocycles. The first-order valence-corrected chi connectivity index (χ1v) is 8.32. The Balaban J connectivity index is 1.44. The zero-order valence-corrected chi connectivity index (χ0v) is 12.9. The van der Waals surface area contributed by atoms with Gasteiger partial charge in [-0.3, -0.25) is 0 Å². The van der Waals surface area contributed by atoms with Crippen LogP contribution in [0.3, 0.4) is 0 Å². The van der Waals surface area contributed by atoms with Crippen LogP contribution in [-0.4, -0.2) is 60.4 Å². The molecule has 7 nitrogen and oxygen atoms in total. The number of rotatable bonds is 2. The van der Waals surface area contributed by atoms with Crippen LogP contribution in [-0.2, 0) is 9.47 Å². The minimum absolute atomic E-state index is 0.341. The van der Waals surface area contributed by atoms with E-state index < -0.39 is 0 Å². The third-order valence-corrected chi connectivity index (χ3v) is 4.84. The van der Waals surface area contributed by atoms with Gasteiger partial charge in [-0.15, -0.1) is 5.10 Å². The SMILES string of the molecule is c1nnc(N2CCCCC2)nc1N1CCC2(CC1)OCCO2. The van der Waals surface area contributed by atoms with E-state index in [9.17, 15) is 0 Å². The summed E-state index contributed by atoms with van der Waals surface area (Å²) in [5, 5.41) is 8.38. The van der Waals surface area contributed by atoms with E-state index in [4.69, 9.17) is 14.5 Å². The van der Waals surface area contributed by atoms with Gasteiger partial charge in [-0.25, -0.2) is 0 Å². The van der Waals surface area contributed by atoms with Crippen molar-refractivity contribution in [2.45, 2.75) is 37.9 Å². The van der Waals surface area contributed by atoms with E-state index in [1.165, 1.54) is 19.3 Å². The first kappa shape index (κ1) is 14.1. The molecule has 0 aromatic carbocycles. The maximum Gasteiger partial charge on any atom is 0.247 e. The summed E-state index contributed by atoms with van der Waals surface area (Å²) >= 11 is 0. The van der Waals surface area contributed by atoms with E-state index in [-0.39, 0.29) is 5.79 Å². The minimum Gasteiger partial charge on any atom is -0.355 e. The van der Waals surface area contributed by atoms with Gasteiger partial charge in [0.2, 0.25) is 5.95 Å². The Morgan fingerprint density at radius 1 is 0.909 bits per heavy atom. The largest absolute Gasteiger partial charge is 0.355 e. The molecule has 0 aliphatic carbocycles. The van der Waals surface area contributed by atoms with Crippen molar-refractivity contribution in [1.82, 2.24) is 15.2 Å². The predicted molar refractivity (Wildman–Crippen MR) is 82.0 cm³/mol. The molecule has 3 fully saturated rings. The summed E-state index contributed by atoms with van der Waals surface area (Å²) in [7, 11) is 0. The fourth-order valence-corrected chi connectivity index (χ4v) is 3.53. The minimum atomic E-state index is -0.341.